The number of fused-ring (bicyclic) bond motifs is 4. The van der Waals surface area contributed by atoms with Crippen molar-refractivity contribution in [3.8, 4) is 22.8 Å². The number of nitrogens with zero attached hydrogens (tertiary/aromatic N) is 2. The normalized spacial score (nSPS) is 21.0. The van der Waals surface area contributed by atoms with Gasteiger partial charge in [0.25, 0.3) is 5.91 Å². The minimum Gasteiger partial charge on any atom is -0.497 e. The summed E-state index contributed by atoms with van der Waals surface area (Å²) in [5.41, 5.74) is 2.81. The molecule has 3 aromatic carbocycles. The van der Waals surface area contributed by atoms with E-state index in [4.69, 9.17) is 19.2 Å². The number of aromatic nitrogens is 1. The lowest BCUT2D eigenvalue weighted by molar-refractivity contribution is -0.144. The maximum atomic E-state index is 14.7. The Hall–Kier alpha value is -5.65. The Morgan fingerprint density at radius 2 is 1.77 bits per heavy atom. The lowest BCUT2D eigenvalue weighted by Crippen LogP contribution is -2.53. The molecular weight excluding hydrogens is 664 g/mol. The highest BCUT2D eigenvalue weighted by Crippen LogP contribution is 2.35. The van der Waals surface area contributed by atoms with Crippen LogP contribution in [0, 0.1) is 0 Å². The Kier molecular flexibility index (Phi) is 10.6. The summed E-state index contributed by atoms with van der Waals surface area (Å²) in [5.74, 6) is -1.19. The van der Waals surface area contributed by atoms with Crippen LogP contribution in [0.25, 0.3) is 22.2 Å². The van der Waals surface area contributed by atoms with Crippen molar-refractivity contribution in [3.63, 3.8) is 0 Å². The number of carboxylic acids is 1. The number of benzene rings is 3. The zero-order valence-corrected chi connectivity index (χ0v) is 29.8. The van der Waals surface area contributed by atoms with Crippen molar-refractivity contribution in [2.75, 3.05) is 13.7 Å². The second kappa shape index (κ2) is 15.3. The Morgan fingerprint density at radius 3 is 2.50 bits per heavy atom. The molecule has 1 saturated heterocycles. The standard InChI is InChI=1S/C40H44N4O8/c1-40(2,3)52-39(49)43-35-26-15-10-12-24(19-26)11-8-9-16-30(38(47)48)42-36(45)33-21-28(23-44(33)37(35)46)51-34-22-31(25-13-6-5-7-14-25)41-32-20-27(50-4)17-18-29(32)34/h5-7,10,12-15,17-20,22,28,30,33,35H,8-9,11,16,21,23H2,1-4H3,(H,42,45)(H,43,49)(H,47,48)/t28-,30-,33+,35-/m1/s1. The summed E-state index contributed by atoms with van der Waals surface area (Å²) in [7, 11) is 1.58. The van der Waals surface area contributed by atoms with Crippen molar-refractivity contribution in [3.05, 3.63) is 90.0 Å². The van der Waals surface area contributed by atoms with Gasteiger partial charge in [0, 0.05) is 29.5 Å². The number of carbonyl (C=O) groups excluding carboxylic acids is 3. The number of methoxy groups -OCH3 is 1. The van der Waals surface area contributed by atoms with Crippen molar-refractivity contribution in [1.29, 1.82) is 0 Å². The second-order valence-electron chi connectivity index (χ2n) is 14.2. The molecule has 4 aromatic rings. The molecule has 12 heteroatoms. The van der Waals surface area contributed by atoms with E-state index in [1.165, 1.54) is 4.90 Å². The Morgan fingerprint density at radius 1 is 0.981 bits per heavy atom. The molecule has 2 aliphatic heterocycles. The van der Waals surface area contributed by atoms with Crippen LogP contribution >= 0.6 is 0 Å². The van der Waals surface area contributed by atoms with Crippen LogP contribution in [0.5, 0.6) is 11.5 Å². The van der Waals surface area contributed by atoms with Gasteiger partial charge in [-0.1, -0.05) is 61.0 Å². The zero-order chi connectivity index (χ0) is 37.0. The van der Waals surface area contributed by atoms with Gasteiger partial charge in [0.1, 0.15) is 41.3 Å². The van der Waals surface area contributed by atoms with Crippen molar-refractivity contribution in [1.82, 2.24) is 20.5 Å². The molecule has 3 amide bonds. The number of aryl methyl sites for hydroxylation is 1. The molecule has 0 unspecified atom stereocenters. The highest BCUT2D eigenvalue weighted by atomic mass is 16.6. The predicted octanol–water partition coefficient (Wildman–Crippen LogP) is 5.82. The lowest BCUT2D eigenvalue weighted by Gasteiger charge is -2.30. The van der Waals surface area contributed by atoms with Crippen molar-refractivity contribution in [2.24, 2.45) is 0 Å². The molecule has 1 aromatic heterocycles. The quantitative estimate of drug-likeness (QED) is 0.225. The first-order chi connectivity index (χ1) is 24.9. The molecule has 4 atom stereocenters. The minimum absolute atomic E-state index is 0.0124. The number of aliphatic carboxylic acids is 1. The van der Waals surface area contributed by atoms with Gasteiger partial charge in [0.15, 0.2) is 0 Å². The van der Waals surface area contributed by atoms with Crippen LogP contribution in [0.4, 0.5) is 4.79 Å². The number of rotatable bonds is 6. The maximum absolute atomic E-state index is 14.7. The molecule has 0 spiro atoms. The van der Waals surface area contributed by atoms with Gasteiger partial charge >= 0.3 is 12.1 Å². The highest BCUT2D eigenvalue weighted by Gasteiger charge is 2.45. The maximum Gasteiger partial charge on any atom is 0.408 e. The van der Waals surface area contributed by atoms with Gasteiger partial charge in [-0.3, -0.25) is 9.59 Å². The van der Waals surface area contributed by atoms with E-state index in [9.17, 15) is 24.3 Å². The first-order valence-corrected chi connectivity index (χ1v) is 17.5. The summed E-state index contributed by atoms with van der Waals surface area (Å²) in [6, 6.07) is 20.9. The lowest BCUT2D eigenvalue weighted by atomic mass is 9.98. The smallest absolute Gasteiger partial charge is 0.408 e. The number of nitrogens with one attached hydrogen (secondary N) is 2. The molecule has 0 saturated carbocycles. The molecular formula is C40H44N4O8. The Labute approximate surface area is 302 Å². The molecule has 6 rings (SSSR count). The zero-order valence-electron chi connectivity index (χ0n) is 29.8. The van der Waals surface area contributed by atoms with Crippen LogP contribution in [0.15, 0.2) is 78.9 Å². The first-order valence-electron chi connectivity index (χ1n) is 17.5. The van der Waals surface area contributed by atoms with Crippen LogP contribution < -0.4 is 20.1 Å². The largest absolute Gasteiger partial charge is 0.497 e. The van der Waals surface area contributed by atoms with Gasteiger partial charge < -0.3 is 34.9 Å². The fourth-order valence-electron chi connectivity index (χ4n) is 6.72. The van der Waals surface area contributed by atoms with E-state index in [0.29, 0.717) is 52.9 Å². The van der Waals surface area contributed by atoms with Crippen molar-refractivity contribution >= 4 is 34.8 Å². The Balaban J connectivity index is 1.39. The van der Waals surface area contributed by atoms with Crippen LogP contribution in [0.2, 0.25) is 0 Å². The number of hydrogen-bond donors (Lipinski definition) is 3. The molecule has 272 valence electrons. The number of carboxylic acid groups (broad SMARTS) is 1. The van der Waals surface area contributed by atoms with Crippen LogP contribution in [0.1, 0.15) is 63.6 Å². The fraction of sp³-hybridized carbons (Fsp3) is 0.375. The van der Waals surface area contributed by atoms with Gasteiger partial charge in [0.05, 0.1) is 24.9 Å². The summed E-state index contributed by atoms with van der Waals surface area (Å²) < 4.78 is 17.7. The van der Waals surface area contributed by atoms with Gasteiger partial charge in [-0.2, -0.15) is 0 Å². The molecule has 52 heavy (non-hydrogen) atoms. The Bertz CT molecular complexity index is 1960. The number of carbonyl (C=O) groups is 4. The van der Waals surface area contributed by atoms with Crippen LogP contribution in [-0.4, -0.2) is 76.3 Å². The van der Waals surface area contributed by atoms with Crippen molar-refractivity contribution in [2.45, 2.75) is 82.7 Å². The minimum atomic E-state index is -1.19. The number of amides is 3. The van der Waals surface area contributed by atoms with Crippen LogP contribution in [0.3, 0.4) is 0 Å². The number of alkyl carbamates (subject to hydrolysis) is 1. The first kappa shape index (κ1) is 36.2. The van der Waals surface area contributed by atoms with E-state index in [0.717, 1.165) is 11.1 Å². The third-order valence-electron chi connectivity index (χ3n) is 9.21. The third kappa shape index (κ3) is 8.44. The number of ether oxygens (including phenoxy) is 3. The molecule has 3 heterocycles. The van der Waals surface area contributed by atoms with Crippen LogP contribution in [-0.2, 0) is 25.5 Å². The van der Waals surface area contributed by atoms with Gasteiger partial charge in [-0.25, -0.2) is 14.6 Å². The summed E-state index contributed by atoms with van der Waals surface area (Å²) >= 11 is 0. The monoisotopic (exact) mass is 708 g/mol. The molecule has 3 N–H and O–H groups in total. The SMILES string of the molecule is COc1ccc2c(O[C@@H]3C[C@H]4C(=O)N[C@@H](C(=O)O)CCCCc5cccc(c5)[C@@H](NC(=O)OC(C)(C)C)C(=O)N4C3)cc(-c3ccccc3)nc2c1. The summed E-state index contributed by atoms with van der Waals surface area (Å²) in [4.78, 5) is 60.3. The topological polar surface area (TPSA) is 156 Å². The van der Waals surface area contributed by atoms with E-state index in [2.05, 4.69) is 10.6 Å². The predicted molar refractivity (Wildman–Crippen MR) is 194 cm³/mol. The summed E-state index contributed by atoms with van der Waals surface area (Å²) in [6.07, 6.45) is 0.697. The van der Waals surface area contributed by atoms with Gasteiger partial charge in [-0.15, -0.1) is 0 Å². The molecule has 2 aliphatic rings. The van der Waals surface area contributed by atoms with Gasteiger partial charge in [0.2, 0.25) is 5.91 Å². The average molecular weight is 709 g/mol. The van der Waals surface area contributed by atoms with E-state index in [-0.39, 0.29) is 19.4 Å². The van der Waals surface area contributed by atoms with E-state index >= 15 is 0 Å². The number of hydrogen-bond acceptors (Lipinski definition) is 8. The van der Waals surface area contributed by atoms with E-state index in [1.54, 1.807) is 40.0 Å². The molecule has 2 bridgehead atoms. The molecule has 1 fully saturated rings. The molecule has 0 aliphatic carbocycles. The van der Waals surface area contributed by atoms with Gasteiger partial charge in [-0.05, 0) is 63.3 Å². The summed E-state index contributed by atoms with van der Waals surface area (Å²) in [6.45, 7) is 5.17. The average Bonchev–Trinajstić information content (AvgIpc) is 3.54. The third-order valence-corrected chi connectivity index (χ3v) is 9.21. The summed E-state index contributed by atoms with van der Waals surface area (Å²) in [5, 5.41) is 16.2. The van der Waals surface area contributed by atoms with E-state index < -0.39 is 53.7 Å². The number of pyridine rings is 1. The second-order valence-corrected chi connectivity index (χ2v) is 14.2. The van der Waals surface area contributed by atoms with Crippen molar-refractivity contribution < 1.29 is 38.5 Å². The fourth-order valence-corrected chi connectivity index (χ4v) is 6.72. The highest BCUT2D eigenvalue weighted by molar-refractivity contribution is 5.94. The molecule has 0 radical (unpaired) electrons. The molecule has 12 nitrogen and oxygen atoms in total. The van der Waals surface area contributed by atoms with E-state index in [1.807, 2.05) is 66.7 Å².